The third-order valence-electron chi connectivity index (χ3n) is 9.62. The second kappa shape index (κ2) is 42.1. The molecule has 0 aliphatic carbocycles. The highest BCUT2D eigenvalue weighted by Crippen LogP contribution is 2.43. The van der Waals surface area contributed by atoms with E-state index >= 15 is 0 Å². The molecule has 53 heavy (non-hydrogen) atoms. The summed E-state index contributed by atoms with van der Waals surface area (Å²) in [5.74, 6) is -0.331. The van der Waals surface area contributed by atoms with E-state index in [1.807, 2.05) is 0 Å². The van der Waals surface area contributed by atoms with E-state index < -0.39 is 13.9 Å². The van der Waals surface area contributed by atoms with Crippen LogP contribution in [-0.2, 0) is 27.9 Å². The Morgan fingerprint density at radius 3 is 1.49 bits per heavy atom. The lowest BCUT2D eigenvalue weighted by atomic mass is 10.0. The molecular formula is C44H86NO7P. The predicted octanol–water partition coefficient (Wildman–Crippen LogP) is 13.3. The summed E-state index contributed by atoms with van der Waals surface area (Å²) in [5, 5.41) is 0. The van der Waals surface area contributed by atoms with E-state index in [1.54, 1.807) is 0 Å². The molecule has 9 heteroatoms. The molecule has 0 radical (unpaired) electrons. The van der Waals surface area contributed by atoms with Gasteiger partial charge < -0.3 is 20.1 Å². The summed E-state index contributed by atoms with van der Waals surface area (Å²) >= 11 is 0. The van der Waals surface area contributed by atoms with E-state index in [4.69, 9.17) is 24.3 Å². The van der Waals surface area contributed by atoms with Crippen LogP contribution in [0.4, 0.5) is 0 Å². The van der Waals surface area contributed by atoms with Gasteiger partial charge in [-0.05, 0) is 44.9 Å². The van der Waals surface area contributed by atoms with Gasteiger partial charge in [0, 0.05) is 19.6 Å². The zero-order chi connectivity index (χ0) is 38.8. The van der Waals surface area contributed by atoms with Gasteiger partial charge in [-0.1, -0.05) is 186 Å². The third-order valence-corrected chi connectivity index (χ3v) is 10.6. The zero-order valence-corrected chi connectivity index (χ0v) is 35.7. The molecule has 2 unspecified atom stereocenters. The molecule has 0 rings (SSSR count). The summed E-state index contributed by atoms with van der Waals surface area (Å²) < 4.78 is 33.4. The van der Waals surface area contributed by atoms with Crippen molar-refractivity contribution in [2.24, 2.45) is 5.73 Å². The highest BCUT2D eigenvalue weighted by atomic mass is 31.2. The molecule has 0 saturated heterocycles. The topological polar surface area (TPSA) is 117 Å². The number of rotatable bonds is 43. The zero-order valence-electron chi connectivity index (χ0n) is 34.8. The summed E-state index contributed by atoms with van der Waals surface area (Å²) in [6, 6.07) is 0. The minimum atomic E-state index is -4.28. The van der Waals surface area contributed by atoms with Crippen LogP contribution in [-0.4, -0.2) is 49.9 Å². The molecule has 0 amide bonds. The van der Waals surface area contributed by atoms with Crippen molar-refractivity contribution in [1.29, 1.82) is 0 Å². The SMILES string of the molecule is CCCCCC/C=C\C/C=C\CCCCCCCCOCC(COP(=O)(O)OCCN)OC(=O)CCCCCCCCCCCCCCCCCCC. The Morgan fingerprint density at radius 1 is 0.566 bits per heavy atom. The van der Waals surface area contributed by atoms with Crippen molar-refractivity contribution in [1.82, 2.24) is 0 Å². The van der Waals surface area contributed by atoms with Crippen LogP contribution < -0.4 is 5.73 Å². The molecule has 0 saturated carbocycles. The van der Waals surface area contributed by atoms with E-state index in [0.29, 0.717) is 13.0 Å². The number of carbonyl (C=O) groups is 1. The lowest BCUT2D eigenvalue weighted by Crippen LogP contribution is -2.28. The lowest BCUT2D eigenvalue weighted by Gasteiger charge is -2.20. The van der Waals surface area contributed by atoms with Gasteiger partial charge in [0.1, 0.15) is 6.10 Å². The molecule has 8 nitrogen and oxygen atoms in total. The van der Waals surface area contributed by atoms with E-state index in [0.717, 1.165) is 44.9 Å². The van der Waals surface area contributed by atoms with Crippen molar-refractivity contribution >= 4 is 13.8 Å². The molecule has 0 spiro atoms. The monoisotopic (exact) mass is 772 g/mol. The normalized spacial score (nSPS) is 13.7. The minimum absolute atomic E-state index is 0.0956. The molecule has 2 atom stereocenters. The quantitative estimate of drug-likeness (QED) is 0.0272. The summed E-state index contributed by atoms with van der Waals surface area (Å²) in [7, 11) is -4.28. The van der Waals surface area contributed by atoms with E-state index in [1.165, 1.54) is 148 Å². The van der Waals surface area contributed by atoms with Crippen LogP contribution in [0.5, 0.6) is 0 Å². The van der Waals surface area contributed by atoms with Crippen LogP contribution in [0.15, 0.2) is 24.3 Å². The summed E-state index contributed by atoms with van der Waals surface area (Å²) in [5.41, 5.74) is 5.37. The molecule has 0 aromatic carbocycles. The van der Waals surface area contributed by atoms with Gasteiger partial charge in [-0.3, -0.25) is 13.8 Å². The van der Waals surface area contributed by atoms with Crippen LogP contribution in [0.2, 0.25) is 0 Å². The fourth-order valence-electron chi connectivity index (χ4n) is 6.32. The van der Waals surface area contributed by atoms with Gasteiger partial charge in [0.05, 0.1) is 19.8 Å². The molecule has 0 heterocycles. The van der Waals surface area contributed by atoms with Gasteiger partial charge in [0.15, 0.2) is 0 Å². The third kappa shape index (κ3) is 42.0. The van der Waals surface area contributed by atoms with Crippen molar-refractivity contribution < 1.29 is 32.8 Å². The highest BCUT2D eigenvalue weighted by Gasteiger charge is 2.25. The molecule has 0 aromatic rings. The highest BCUT2D eigenvalue weighted by molar-refractivity contribution is 7.47. The fraction of sp³-hybridized carbons (Fsp3) is 0.886. The first kappa shape index (κ1) is 52.0. The molecular weight excluding hydrogens is 685 g/mol. The Labute approximate surface area is 327 Å². The Kier molecular flexibility index (Phi) is 41.3. The average Bonchev–Trinajstić information content (AvgIpc) is 3.15. The molecule has 0 aromatic heterocycles. The molecule has 0 fully saturated rings. The van der Waals surface area contributed by atoms with E-state index in [-0.39, 0.29) is 32.3 Å². The smallest absolute Gasteiger partial charge is 0.457 e. The molecule has 3 N–H and O–H groups in total. The summed E-state index contributed by atoms with van der Waals surface area (Å²) in [6.45, 7) is 4.91. The number of hydrogen-bond donors (Lipinski definition) is 2. The maximum atomic E-state index is 12.6. The number of allylic oxidation sites excluding steroid dienone is 4. The van der Waals surface area contributed by atoms with Crippen LogP contribution in [0.25, 0.3) is 0 Å². The van der Waals surface area contributed by atoms with Gasteiger partial charge >= 0.3 is 13.8 Å². The molecule has 0 bridgehead atoms. The Bertz CT molecular complexity index is 869. The van der Waals surface area contributed by atoms with E-state index in [2.05, 4.69) is 38.2 Å². The van der Waals surface area contributed by atoms with Crippen LogP contribution >= 0.6 is 7.82 Å². The standard InChI is InChI=1S/C44H86NO7P/c1-3-5-7-9-11-13-15-17-19-21-23-25-27-29-31-33-35-37-44(46)52-43(42-51-53(47,48)50-40-38-45)41-49-39-36-34-32-30-28-26-24-22-20-18-16-14-12-10-8-6-4-2/h14,16,20,22,43H,3-13,15,17-19,21,23-42,45H2,1-2H3,(H,47,48)/b16-14-,22-20-. The number of carbonyl (C=O) groups excluding carboxylic acids is 1. The number of ether oxygens (including phenoxy) is 2. The number of phosphoric ester groups is 1. The maximum Gasteiger partial charge on any atom is 0.472 e. The first-order chi connectivity index (χ1) is 25.9. The number of hydrogen-bond acceptors (Lipinski definition) is 7. The first-order valence-electron chi connectivity index (χ1n) is 22.3. The fourth-order valence-corrected chi connectivity index (χ4v) is 7.09. The Morgan fingerprint density at radius 2 is 1.00 bits per heavy atom. The van der Waals surface area contributed by atoms with E-state index in [9.17, 15) is 14.3 Å². The predicted molar refractivity (Wildman–Crippen MR) is 224 cm³/mol. The van der Waals surface area contributed by atoms with Crippen molar-refractivity contribution in [2.45, 2.75) is 219 Å². The van der Waals surface area contributed by atoms with Crippen molar-refractivity contribution in [3.8, 4) is 0 Å². The Hall–Kier alpha value is -1.02. The Balaban J connectivity index is 4.01. The van der Waals surface area contributed by atoms with Crippen molar-refractivity contribution in [3.05, 3.63) is 24.3 Å². The van der Waals surface area contributed by atoms with Gasteiger partial charge in [0.25, 0.3) is 0 Å². The van der Waals surface area contributed by atoms with Crippen LogP contribution in [0.1, 0.15) is 213 Å². The first-order valence-corrected chi connectivity index (χ1v) is 23.8. The lowest BCUT2D eigenvalue weighted by molar-refractivity contribution is -0.154. The van der Waals surface area contributed by atoms with Gasteiger partial charge in [-0.2, -0.15) is 0 Å². The summed E-state index contributed by atoms with van der Waals surface area (Å²) in [4.78, 5) is 22.5. The second-order valence-corrected chi connectivity index (χ2v) is 16.4. The maximum absolute atomic E-state index is 12.6. The van der Waals surface area contributed by atoms with Crippen LogP contribution in [0, 0.1) is 0 Å². The summed E-state index contributed by atoms with van der Waals surface area (Å²) in [6.07, 6.45) is 46.2. The largest absolute Gasteiger partial charge is 0.472 e. The second-order valence-electron chi connectivity index (χ2n) is 14.9. The number of unbranched alkanes of at least 4 members (excludes halogenated alkanes) is 26. The minimum Gasteiger partial charge on any atom is -0.457 e. The van der Waals surface area contributed by atoms with Crippen LogP contribution in [0.3, 0.4) is 0 Å². The van der Waals surface area contributed by atoms with Gasteiger partial charge in [0.2, 0.25) is 0 Å². The number of esters is 1. The van der Waals surface area contributed by atoms with Gasteiger partial charge in [-0.15, -0.1) is 0 Å². The molecule has 314 valence electrons. The molecule has 0 aliphatic rings. The van der Waals surface area contributed by atoms with Gasteiger partial charge in [-0.25, -0.2) is 4.57 Å². The molecule has 0 aliphatic heterocycles. The van der Waals surface area contributed by atoms with Crippen molar-refractivity contribution in [2.75, 3.05) is 33.0 Å². The number of phosphoric acid groups is 1. The average molecular weight is 772 g/mol. The number of nitrogens with two attached hydrogens (primary N) is 1. The van der Waals surface area contributed by atoms with Crippen molar-refractivity contribution in [3.63, 3.8) is 0 Å².